The molecule has 22 heavy (non-hydrogen) atoms. The molecule has 0 radical (unpaired) electrons. The highest BCUT2D eigenvalue weighted by Crippen LogP contribution is 2.34. The molecule has 0 bridgehead atoms. The van der Waals surface area contributed by atoms with E-state index >= 15 is 0 Å². The minimum Gasteiger partial charge on any atom is -0.454 e. The Morgan fingerprint density at radius 1 is 1.00 bits per heavy atom. The molecule has 3 aromatic carbocycles. The number of ether oxygens (including phenoxy) is 1. The van der Waals surface area contributed by atoms with Gasteiger partial charge in [0.05, 0.1) is 0 Å². The summed E-state index contributed by atoms with van der Waals surface area (Å²) >= 11 is 0. The predicted octanol–water partition coefficient (Wildman–Crippen LogP) is 5.17. The van der Waals surface area contributed by atoms with Crippen LogP contribution in [0, 0.1) is 0 Å². The Balaban J connectivity index is 2.23. The smallest absolute Gasteiger partial charge is 0.333 e. The van der Waals surface area contributed by atoms with Crippen molar-refractivity contribution in [2.45, 2.75) is 20.0 Å². The molecule has 0 aliphatic rings. The van der Waals surface area contributed by atoms with E-state index in [1.54, 1.807) is 6.92 Å². The number of carbonyl (C=O) groups excluding carboxylic acids is 1. The Morgan fingerprint density at radius 3 is 2.00 bits per heavy atom. The summed E-state index contributed by atoms with van der Waals surface area (Å²) in [6.45, 7) is 7.23. The Hall–Kier alpha value is -2.61. The zero-order valence-electron chi connectivity index (χ0n) is 12.8. The van der Waals surface area contributed by atoms with E-state index in [2.05, 4.69) is 36.9 Å². The average molecular weight is 290 g/mol. The van der Waals surface area contributed by atoms with E-state index in [4.69, 9.17) is 4.74 Å². The van der Waals surface area contributed by atoms with Crippen molar-refractivity contribution in [3.63, 3.8) is 0 Å². The van der Waals surface area contributed by atoms with Gasteiger partial charge in [-0.2, -0.15) is 0 Å². The van der Waals surface area contributed by atoms with E-state index in [0.29, 0.717) is 5.57 Å². The first-order chi connectivity index (χ1) is 10.6. The third kappa shape index (κ3) is 2.48. The lowest BCUT2D eigenvalue weighted by Crippen LogP contribution is -2.10. The standard InChI is InChI=1S/C20H18O2/c1-13(2)20(21)22-14(3)19-17-10-6-4-8-15(17)12-16-9-5-7-11-18(16)19/h4-12,14H,1H2,2-3H3. The molecule has 2 nitrogen and oxygen atoms in total. The van der Waals surface area contributed by atoms with Crippen molar-refractivity contribution in [2.75, 3.05) is 0 Å². The summed E-state index contributed by atoms with van der Waals surface area (Å²) in [6.07, 6.45) is -0.333. The Morgan fingerprint density at radius 2 is 1.50 bits per heavy atom. The summed E-state index contributed by atoms with van der Waals surface area (Å²) in [4.78, 5) is 11.9. The summed E-state index contributed by atoms with van der Waals surface area (Å²) < 4.78 is 5.58. The van der Waals surface area contributed by atoms with Gasteiger partial charge in [-0.15, -0.1) is 0 Å². The maximum atomic E-state index is 11.9. The molecule has 1 atom stereocenters. The van der Waals surface area contributed by atoms with Gasteiger partial charge in [-0.05, 0) is 41.5 Å². The fraction of sp³-hybridized carbons (Fsp3) is 0.150. The second kappa shape index (κ2) is 5.64. The van der Waals surface area contributed by atoms with Gasteiger partial charge in [0.2, 0.25) is 0 Å². The van der Waals surface area contributed by atoms with Crippen molar-refractivity contribution >= 4 is 27.5 Å². The number of benzene rings is 3. The third-order valence-electron chi connectivity index (χ3n) is 3.85. The van der Waals surface area contributed by atoms with Crippen molar-refractivity contribution < 1.29 is 9.53 Å². The van der Waals surface area contributed by atoms with Crippen LogP contribution in [0.2, 0.25) is 0 Å². The van der Waals surface area contributed by atoms with Crippen LogP contribution in [0.15, 0.2) is 66.7 Å². The van der Waals surface area contributed by atoms with E-state index in [0.717, 1.165) is 27.1 Å². The number of hydrogen-bond donors (Lipinski definition) is 0. The van der Waals surface area contributed by atoms with E-state index in [9.17, 15) is 4.79 Å². The van der Waals surface area contributed by atoms with Crippen molar-refractivity contribution in [3.05, 3.63) is 72.3 Å². The summed E-state index contributed by atoms with van der Waals surface area (Å²) in [6, 6.07) is 18.5. The highest BCUT2D eigenvalue weighted by molar-refractivity contribution is 6.02. The van der Waals surface area contributed by atoms with Gasteiger partial charge in [0.1, 0.15) is 6.10 Å². The summed E-state index contributed by atoms with van der Waals surface area (Å²) in [5, 5.41) is 4.52. The Kier molecular flexibility index (Phi) is 3.68. The fourth-order valence-electron chi connectivity index (χ4n) is 2.81. The van der Waals surface area contributed by atoms with E-state index < -0.39 is 0 Å². The number of rotatable bonds is 3. The molecule has 0 saturated carbocycles. The maximum Gasteiger partial charge on any atom is 0.333 e. The van der Waals surface area contributed by atoms with Crippen LogP contribution < -0.4 is 0 Å². The number of hydrogen-bond acceptors (Lipinski definition) is 2. The first-order valence-corrected chi connectivity index (χ1v) is 7.35. The summed E-state index contributed by atoms with van der Waals surface area (Å²) in [5.74, 6) is -0.357. The molecule has 0 fully saturated rings. The van der Waals surface area contributed by atoms with Gasteiger partial charge in [0.15, 0.2) is 0 Å². The van der Waals surface area contributed by atoms with Gasteiger partial charge >= 0.3 is 5.97 Å². The van der Waals surface area contributed by atoms with Gasteiger partial charge in [-0.1, -0.05) is 55.1 Å². The van der Waals surface area contributed by atoms with Gasteiger partial charge < -0.3 is 4.74 Å². The Bertz CT molecular complexity index is 823. The second-order valence-electron chi connectivity index (χ2n) is 5.56. The van der Waals surface area contributed by atoms with Crippen LogP contribution in [-0.2, 0) is 9.53 Å². The minimum absolute atomic E-state index is 0.333. The quantitative estimate of drug-likeness (QED) is 0.378. The Labute approximate surface area is 130 Å². The van der Waals surface area contributed by atoms with Crippen molar-refractivity contribution in [2.24, 2.45) is 0 Å². The molecule has 3 rings (SSSR count). The van der Waals surface area contributed by atoms with Crippen LogP contribution in [0.5, 0.6) is 0 Å². The molecule has 0 spiro atoms. The second-order valence-corrected chi connectivity index (χ2v) is 5.56. The van der Waals surface area contributed by atoms with Crippen LogP contribution >= 0.6 is 0 Å². The van der Waals surface area contributed by atoms with Crippen LogP contribution in [0.25, 0.3) is 21.5 Å². The molecular weight excluding hydrogens is 272 g/mol. The van der Waals surface area contributed by atoms with Gasteiger partial charge in [0.25, 0.3) is 0 Å². The highest BCUT2D eigenvalue weighted by Gasteiger charge is 2.17. The average Bonchev–Trinajstić information content (AvgIpc) is 2.52. The molecule has 0 N–H and O–H groups in total. The lowest BCUT2D eigenvalue weighted by molar-refractivity contribution is -0.143. The SMILES string of the molecule is C=C(C)C(=O)OC(C)c1c2ccccc2cc2ccccc12. The lowest BCUT2D eigenvalue weighted by Gasteiger charge is -2.18. The monoisotopic (exact) mass is 290 g/mol. The van der Waals surface area contributed by atoms with Crippen molar-refractivity contribution in [1.29, 1.82) is 0 Å². The van der Waals surface area contributed by atoms with E-state index in [-0.39, 0.29) is 12.1 Å². The van der Waals surface area contributed by atoms with E-state index in [1.165, 1.54) is 0 Å². The van der Waals surface area contributed by atoms with Crippen LogP contribution in [0.3, 0.4) is 0 Å². The van der Waals surface area contributed by atoms with Crippen LogP contribution in [-0.4, -0.2) is 5.97 Å². The van der Waals surface area contributed by atoms with Crippen molar-refractivity contribution in [1.82, 2.24) is 0 Å². The maximum absolute atomic E-state index is 11.9. The molecule has 3 aromatic rings. The van der Waals surface area contributed by atoms with Gasteiger partial charge in [-0.3, -0.25) is 0 Å². The molecule has 0 aromatic heterocycles. The zero-order chi connectivity index (χ0) is 15.7. The largest absolute Gasteiger partial charge is 0.454 e. The normalized spacial score (nSPS) is 12.3. The summed E-state index contributed by atoms with van der Waals surface area (Å²) in [5.41, 5.74) is 1.46. The number of fused-ring (bicyclic) bond motifs is 2. The summed E-state index contributed by atoms with van der Waals surface area (Å²) in [7, 11) is 0. The first kappa shape index (κ1) is 14.3. The topological polar surface area (TPSA) is 26.3 Å². The first-order valence-electron chi connectivity index (χ1n) is 7.35. The van der Waals surface area contributed by atoms with Gasteiger partial charge in [0, 0.05) is 11.1 Å². The molecule has 0 aliphatic heterocycles. The van der Waals surface area contributed by atoms with E-state index in [1.807, 2.05) is 31.2 Å². The molecule has 0 saturated heterocycles. The molecule has 110 valence electrons. The molecule has 0 heterocycles. The fourth-order valence-corrected chi connectivity index (χ4v) is 2.81. The third-order valence-corrected chi connectivity index (χ3v) is 3.85. The number of esters is 1. The molecule has 0 amide bonds. The van der Waals surface area contributed by atoms with Crippen molar-refractivity contribution in [3.8, 4) is 0 Å². The molecule has 0 aliphatic carbocycles. The zero-order valence-corrected chi connectivity index (χ0v) is 12.8. The van der Waals surface area contributed by atoms with Gasteiger partial charge in [-0.25, -0.2) is 4.79 Å². The minimum atomic E-state index is -0.357. The number of carbonyl (C=O) groups is 1. The van der Waals surface area contributed by atoms with Crippen LogP contribution in [0.4, 0.5) is 0 Å². The highest BCUT2D eigenvalue weighted by atomic mass is 16.5. The van der Waals surface area contributed by atoms with Crippen LogP contribution in [0.1, 0.15) is 25.5 Å². The molecule has 1 unspecified atom stereocenters. The lowest BCUT2D eigenvalue weighted by atomic mass is 9.94. The molecule has 2 heteroatoms. The molecular formula is C20H18O2. The predicted molar refractivity (Wildman–Crippen MR) is 90.8 cm³/mol.